The average molecular weight is 357 g/mol. The molecule has 0 aromatic heterocycles. The fourth-order valence-corrected chi connectivity index (χ4v) is 3.18. The van der Waals surface area contributed by atoms with Crippen LogP contribution in [-0.4, -0.2) is 41.8 Å². The molecule has 2 aromatic rings. The maximum Gasteiger partial charge on any atom is 0.319 e. The Kier molecular flexibility index (Phi) is 5.85. The number of halogens is 1. The second kappa shape index (κ2) is 8.29. The lowest BCUT2D eigenvalue weighted by Gasteiger charge is -2.30. The standard InChI is InChI=1S/C20H24FN3O2/c1-14-10-17(6-7-19(14)21)23-20(26)22-11-18(25)13-24-9-8-15-4-2-3-5-16(15)12-24/h2-7,10,18,25H,8-9,11-13H2,1H3,(H2,22,23,26). The molecule has 1 atom stereocenters. The summed E-state index contributed by atoms with van der Waals surface area (Å²) in [7, 11) is 0. The summed E-state index contributed by atoms with van der Waals surface area (Å²) >= 11 is 0. The van der Waals surface area contributed by atoms with Crippen molar-refractivity contribution >= 4 is 11.7 Å². The molecule has 3 N–H and O–H groups in total. The summed E-state index contributed by atoms with van der Waals surface area (Å²) in [6, 6.07) is 12.3. The summed E-state index contributed by atoms with van der Waals surface area (Å²) in [6.45, 7) is 4.01. The van der Waals surface area contributed by atoms with Crippen molar-refractivity contribution in [2.45, 2.75) is 26.0 Å². The molecule has 2 aromatic carbocycles. The smallest absolute Gasteiger partial charge is 0.319 e. The number of urea groups is 1. The van der Waals surface area contributed by atoms with Crippen molar-refractivity contribution in [1.29, 1.82) is 0 Å². The molecule has 0 fully saturated rings. The number of fused-ring (bicyclic) bond motifs is 1. The van der Waals surface area contributed by atoms with Gasteiger partial charge < -0.3 is 15.7 Å². The summed E-state index contributed by atoms with van der Waals surface area (Å²) in [6.07, 6.45) is 0.321. The Morgan fingerprint density at radius 2 is 2.04 bits per heavy atom. The van der Waals surface area contributed by atoms with Crippen molar-refractivity contribution in [3.8, 4) is 0 Å². The second-order valence-corrected chi connectivity index (χ2v) is 6.71. The first kappa shape index (κ1) is 18.4. The minimum atomic E-state index is -0.652. The first-order valence-electron chi connectivity index (χ1n) is 8.79. The quantitative estimate of drug-likeness (QED) is 0.771. The number of amides is 2. The predicted molar refractivity (Wildman–Crippen MR) is 99.6 cm³/mol. The highest BCUT2D eigenvalue weighted by molar-refractivity contribution is 5.89. The number of rotatable bonds is 5. The molecular weight excluding hydrogens is 333 g/mol. The van der Waals surface area contributed by atoms with Crippen LogP contribution in [0.5, 0.6) is 0 Å². The van der Waals surface area contributed by atoms with E-state index in [0.717, 1.165) is 19.5 Å². The number of benzene rings is 2. The normalized spacial score (nSPS) is 15.2. The number of hydrogen-bond acceptors (Lipinski definition) is 3. The highest BCUT2D eigenvalue weighted by atomic mass is 19.1. The second-order valence-electron chi connectivity index (χ2n) is 6.71. The summed E-state index contributed by atoms with van der Waals surface area (Å²) in [5, 5.41) is 15.5. The zero-order valence-electron chi connectivity index (χ0n) is 14.8. The molecule has 2 amide bonds. The number of aryl methyl sites for hydroxylation is 1. The van der Waals surface area contributed by atoms with E-state index in [1.54, 1.807) is 13.0 Å². The van der Waals surface area contributed by atoms with Crippen LogP contribution in [0.1, 0.15) is 16.7 Å². The monoisotopic (exact) mass is 357 g/mol. The minimum absolute atomic E-state index is 0.157. The van der Waals surface area contributed by atoms with Crippen molar-refractivity contribution in [2.24, 2.45) is 0 Å². The molecule has 3 rings (SSSR count). The molecule has 1 heterocycles. The third-order valence-corrected chi connectivity index (χ3v) is 4.59. The molecule has 0 saturated carbocycles. The number of aliphatic hydroxyl groups excluding tert-OH is 1. The maximum atomic E-state index is 13.2. The van der Waals surface area contributed by atoms with Crippen molar-refractivity contribution in [3.05, 3.63) is 65.0 Å². The number of carbonyl (C=O) groups excluding carboxylic acids is 1. The van der Waals surface area contributed by atoms with Gasteiger partial charge >= 0.3 is 6.03 Å². The van der Waals surface area contributed by atoms with Crippen molar-refractivity contribution < 1.29 is 14.3 Å². The molecule has 5 nitrogen and oxygen atoms in total. The van der Waals surface area contributed by atoms with Crippen LogP contribution >= 0.6 is 0 Å². The fourth-order valence-electron chi connectivity index (χ4n) is 3.18. The van der Waals surface area contributed by atoms with Crippen molar-refractivity contribution in [3.63, 3.8) is 0 Å². The van der Waals surface area contributed by atoms with Crippen LogP contribution in [0.25, 0.3) is 0 Å². The Morgan fingerprint density at radius 3 is 2.81 bits per heavy atom. The van der Waals surface area contributed by atoms with Gasteiger partial charge in [0, 0.05) is 31.9 Å². The molecule has 1 unspecified atom stereocenters. The van der Waals surface area contributed by atoms with Crippen LogP contribution in [0, 0.1) is 12.7 Å². The SMILES string of the molecule is Cc1cc(NC(=O)NCC(O)CN2CCc3ccccc3C2)ccc1F. The van der Waals surface area contributed by atoms with Gasteiger partial charge in [-0.1, -0.05) is 24.3 Å². The Bertz CT molecular complexity index is 781. The summed E-state index contributed by atoms with van der Waals surface area (Å²) < 4.78 is 13.2. The van der Waals surface area contributed by atoms with E-state index in [1.165, 1.54) is 23.3 Å². The van der Waals surface area contributed by atoms with E-state index in [4.69, 9.17) is 0 Å². The number of nitrogens with one attached hydrogen (secondary N) is 2. The number of β-amino-alcohol motifs (C(OH)–C–C–N with tert-alkyl or cyclic N) is 1. The molecule has 0 bridgehead atoms. The van der Waals surface area contributed by atoms with Gasteiger partial charge in [-0.3, -0.25) is 4.90 Å². The van der Waals surface area contributed by atoms with E-state index in [2.05, 4.69) is 33.7 Å². The lowest BCUT2D eigenvalue weighted by atomic mass is 10.00. The predicted octanol–water partition coefficient (Wildman–Crippen LogP) is 2.67. The zero-order valence-corrected chi connectivity index (χ0v) is 14.8. The number of carbonyl (C=O) groups is 1. The first-order valence-corrected chi connectivity index (χ1v) is 8.79. The molecular formula is C20H24FN3O2. The van der Waals surface area contributed by atoms with Crippen LogP contribution in [0.2, 0.25) is 0 Å². The number of nitrogens with zero attached hydrogens (tertiary/aromatic N) is 1. The zero-order chi connectivity index (χ0) is 18.5. The number of aliphatic hydroxyl groups is 1. The molecule has 1 aliphatic rings. The molecule has 1 aliphatic heterocycles. The largest absolute Gasteiger partial charge is 0.390 e. The van der Waals surface area contributed by atoms with Crippen LogP contribution in [0.15, 0.2) is 42.5 Å². The first-order chi connectivity index (χ1) is 12.5. The Morgan fingerprint density at radius 1 is 1.27 bits per heavy atom. The molecule has 26 heavy (non-hydrogen) atoms. The summed E-state index contributed by atoms with van der Waals surface area (Å²) in [5.41, 5.74) is 3.64. The van der Waals surface area contributed by atoms with Gasteiger partial charge in [-0.2, -0.15) is 0 Å². The van der Waals surface area contributed by atoms with E-state index >= 15 is 0 Å². The highest BCUT2D eigenvalue weighted by Gasteiger charge is 2.18. The molecule has 6 heteroatoms. The van der Waals surface area contributed by atoms with Gasteiger partial charge in [0.05, 0.1) is 6.10 Å². The topological polar surface area (TPSA) is 64.6 Å². The Labute approximate surface area is 152 Å². The summed E-state index contributed by atoms with van der Waals surface area (Å²) in [4.78, 5) is 14.1. The maximum absolute atomic E-state index is 13.2. The van der Waals surface area contributed by atoms with Gasteiger partial charge in [0.15, 0.2) is 0 Å². The van der Waals surface area contributed by atoms with Gasteiger partial charge in [-0.15, -0.1) is 0 Å². The number of hydrogen-bond donors (Lipinski definition) is 3. The highest BCUT2D eigenvalue weighted by Crippen LogP contribution is 2.18. The van der Waals surface area contributed by atoms with Crippen molar-refractivity contribution in [1.82, 2.24) is 10.2 Å². The van der Waals surface area contributed by atoms with Gasteiger partial charge in [0.1, 0.15) is 5.82 Å². The molecule has 0 saturated heterocycles. The van der Waals surface area contributed by atoms with E-state index < -0.39 is 12.1 Å². The summed E-state index contributed by atoms with van der Waals surface area (Å²) in [5.74, 6) is -0.311. The van der Waals surface area contributed by atoms with Crippen LogP contribution in [0.3, 0.4) is 0 Å². The van der Waals surface area contributed by atoms with Crippen LogP contribution in [-0.2, 0) is 13.0 Å². The van der Waals surface area contributed by atoms with Gasteiger partial charge in [-0.25, -0.2) is 9.18 Å². The third-order valence-electron chi connectivity index (χ3n) is 4.59. The van der Waals surface area contributed by atoms with Crippen LogP contribution < -0.4 is 10.6 Å². The van der Waals surface area contributed by atoms with E-state index in [0.29, 0.717) is 17.8 Å². The molecule has 0 aliphatic carbocycles. The lowest BCUT2D eigenvalue weighted by molar-refractivity contribution is 0.106. The van der Waals surface area contributed by atoms with E-state index in [1.807, 2.05) is 6.07 Å². The Balaban J connectivity index is 1.43. The lowest BCUT2D eigenvalue weighted by Crippen LogP contribution is -2.42. The van der Waals surface area contributed by atoms with E-state index in [9.17, 15) is 14.3 Å². The van der Waals surface area contributed by atoms with Gasteiger partial charge in [-0.05, 0) is 48.2 Å². The third kappa shape index (κ3) is 4.80. The molecule has 138 valence electrons. The average Bonchev–Trinajstić information content (AvgIpc) is 2.63. The van der Waals surface area contributed by atoms with Gasteiger partial charge in [0.2, 0.25) is 0 Å². The molecule has 0 radical (unpaired) electrons. The minimum Gasteiger partial charge on any atom is -0.390 e. The van der Waals surface area contributed by atoms with Gasteiger partial charge in [0.25, 0.3) is 0 Å². The van der Waals surface area contributed by atoms with E-state index in [-0.39, 0.29) is 12.4 Å². The van der Waals surface area contributed by atoms with Crippen molar-refractivity contribution in [2.75, 3.05) is 25.0 Å². The number of anilines is 1. The molecule has 0 spiro atoms. The fraction of sp³-hybridized carbons (Fsp3) is 0.350. The Hall–Kier alpha value is -2.44. The van der Waals surface area contributed by atoms with Crippen LogP contribution in [0.4, 0.5) is 14.9 Å².